The van der Waals surface area contributed by atoms with Gasteiger partial charge in [-0.15, -0.1) is 0 Å². The number of aromatic nitrogens is 3. The van der Waals surface area contributed by atoms with Crippen LogP contribution in [0, 0.1) is 11.3 Å². The molecule has 0 unspecified atom stereocenters. The highest BCUT2D eigenvalue weighted by molar-refractivity contribution is 5.93. The van der Waals surface area contributed by atoms with E-state index in [9.17, 15) is 4.79 Å². The van der Waals surface area contributed by atoms with Crippen LogP contribution in [0.2, 0.25) is 0 Å². The molecule has 2 amide bonds. The molecule has 8 nitrogen and oxygen atoms in total. The van der Waals surface area contributed by atoms with Crippen molar-refractivity contribution >= 4 is 17.5 Å². The monoisotopic (exact) mass is 519 g/mol. The molecular weight excluding hydrogens is 486 g/mol. The van der Waals surface area contributed by atoms with Crippen LogP contribution in [0.5, 0.6) is 0 Å². The van der Waals surface area contributed by atoms with Crippen molar-refractivity contribution in [3.8, 4) is 17.2 Å². The Kier molecular flexibility index (Phi) is 7.88. The lowest BCUT2D eigenvalue weighted by molar-refractivity contribution is 0.208. The number of carbonyl (C=O) groups excluding carboxylic acids is 1. The fourth-order valence-electron chi connectivity index (χ4n) is 5.20. The molecule has 1 aliphatic rings. The number of nitrogens with one attached hydrogen (secondary N) is 1. The van der Waals surface area contributed by atoms with Crippen molar-refractivity contribution < 1.29 is 4.79 Å². The maximum absolute atomic E-state index is 13.9. The van der Waals surface area contributed by atoms with Gasteiger partial charge < -0.3 is 10.2 Å². The molecule has 2 heterocycles. The van der Waals surface area contributed by atoms with E-state index in [1.807, 2.05) is 79.9 Å². The second-order valence-electron chi connectivity index (χ2n) is 10.1. The van der Waals surface area contributed by atoms with Crippen molar-refractivity contribution in [2.24, 2.45) is 7.05 Å². The summed E-state index contributed by atoms with van der Waals surface area (Å²) in [6.07, 6.45) is 9.03. The molecule has 39 heavy (non-hydrogen) atoms. The zero-order valence-electron chi connectivity index (χ0n) is 22.4. The number of rotatable bonds is 7. The van der Waals surface area contributed by atoms with E-state index in [1.165, 1.54) is 0 Å². The van der Waals surface area contributed by atoms with Crippen LogP contribution in [0.4, 0.5) is 16.3 Å². The number of aryl methyl sites for hydroxylation is 1. The summed E-state index contributed by atoms with van der Waals surface area (Å²) < 4.78 is 1.79. The van der Waals surface area contributed by atoms with Gasteiger partial charge >= 0.3 is 6.03 Å². The number of urea groups is 1. The summed E-state index contributed by atoms with van der Waals surface area (Å²) in [5.41, 5.74) is 4.67. The highest BCUT2D eigenvalue weighted by Gasteiger charge is 2.32. The van der Waals surface area contributed by atoms with Crippen LogP contribution in [0.15, 0.2) is 85.3 Å². The van der Waals surface area contributed by atoms with Crippen LogP contribution in [0.1, 0.15) is 36.8 Å². The third-order valence-electron chi connectivity index (χ3n) is 7.29. The average molecular weight is 520 g/mol. The number of pyridine rings is 1. The van der Waals surface area contributed by atoms with Gasteiger partial charge in [-0.3, -0.25) is 9.58 Å². The van der Waals surface area contributed by atoms with Crippen LogP contribution in [0.3, 0.4) is 0 Å². The topological polar surface area (TPSA) is 90.1 Å². The minimum atomic E-state index is -0.00171. The predicted molar refractivity (Wildman–Crippen MR) is 153 cm³/mol. The van der Waals surface area contributed by atoms with Crippen molar-refractivity contribution in [3.63, 3.8) is 0 Å². The lowest BCUT2D eigenvalue weighted by atomic mass is 9.89. The first-order valence-corrected chi connectivity index (χ1v) is 13.3. The second-order valence-corrected chi connectivity index (χ2v) is 10.1. The van der Waals surface area contributed by atoms with Gasteiger partial charge in [-0.25, -0.2) is 9.78 Å². The third-order valence-corrected chi connectivity index (χ3v) is 7.29. The molecule has 0 bridgehead atoms. The molecule has 1 aliphatic carbocycles. The lowest BCUT2D eigenvalue weighted by Gasteiger charge is -2.39. The maximum Gasteiger partial charge on any atom is 0.324 e. The van der Waals surface area contributed by atoms with Crippen LogP contribution >= 0.6 is 0 Å². The Morgan fingerprint density at radius 3 is 2.36 bits per heavy atom. The number of amides is 2. The molecule has 1 saturated carbocycles. The number of hydrogen-bond donors (Lipinski definition) is 1. The third kappa shape index (κ3) is 6.27. The summed E-state index contributed by atoms with van der Waals surface area (Å²) >= 11 is 0. The van der Waals surface area contributed by atoms with Gasteiger partial charge in [0.05, 0.1) is 11.8 Å². The van der Waals surface area contributed by atoms with E-state index in [-0.39, 0.29) is 18.1 Å². The molecule has 198 valence electrons. The van der Waals surface area contributed by atoms with Crippen LogP contribution in [0.25, 0.3) is 11.1 Å². The normalized spacial score (nSPS) is 16.7. The molecule has 0 aliphatic heterocycles. The smallest absolute Gasteiger partial charge is 0.324 e. The highest BCUT2D eigenvalue weighted by atomic mass is 16.2. The highest BCUT2D eigenvalue weighted by Crippen LogP contribution is 2.31. The van der Waals surface area contributed by atoms with Gasteiger partial charge in [-0.2, -0.15) is 10.4 Å². The van der Waals surface area contributed by atoms with E-state index in [1.54, 1.807) is 21.8 Å². The summed E-state index contributed by atoms with van der Waals surface area (Å²) in [6.45, 7) is 0.547. The molecular formula is C31H33N7O. The Morgan fingerprint density at radius 1 is 1.00 bits per heavy atom. The molecule has 1 fully saturated rings. The molecule has 4 aromatic rings. The first-order chi connectivity index (χ1) is 19.0. The van der Waals surface area contributed by atoms with Gasteiger partial charge in [0.1, 0.15) is 11.9 Å². The van der Waals surface area contributed by atoms with Gasteiger partial charge in [0.2, 0.25) is 0 Å². The number of nitriles is 1. The Bertz CT molecular complexity index is 1420. The molecule has 5 rings (SSSR count). The van der Waals surface area contributed by atoms with E-state index in [4.69, 9.17) is 5.26 Å². The summed E-state index contributed by atoms with van der Waals surface area (Å²) in [5.74, 6) is 0.777. The van der Waals surface area contributed by atoms with Crippen LogP contribution < -0.4 is 10.2 Å². The van der Waals surface area contributed by atoms with Crippen LogP contribution in [-0.2, 0) is 13.6 Å². The molecule has 2 aromatic heterocycles. The Morgan fingerprint density at radius 2 is 1.74 bits per heavy atom. The lowest BCUT2D eigenvalue weighted by Crippen LogP contribution is -2.49. The van der Waals surface area contributed by atoms with Crippen molar-refractivity contribution in [1.82, 2.24) is 19.7 Å². The van der Waals surface area contributed by atoms with Gasteiger partial charge in [0.25, 0.3) is 0 Å². The summed E-state index contributed by atoms with van der Waals surface area (Å²) in [6, 6.07) is 24.4. The molecule has 0 saturated heterocycles. The summed E-state index contributed by atoms with van der Waals surface area (Å²) in [7, 11) is 3.78. The fourth-order valence-corrected chi connectivity index (χ4v) is 5.20. The van der Waals surface area contributed by atoms with Gasteiger partial charge in [0.15, 0.2) is 0 Å². The Balaban J connectivity index is 1.32. The van der Waals surface area contributed by atoms with E-state index in [2.05, 4.69) is 33.6 Å². The average Bonchev–Trinajstić information content (AvgIpc) is 3.41. The summed E-state index contributed by atoms with van der Waals surface area (Å²) in [5, 5.41) is 16.8. The van der Waals surface area contributed by atoms with Crippen molar-refractivity contribution in [3.05, 3.63) is 96.4 Å². The minimum absolute atomic E-state index is 0.00171. The molecule has 0 spiro atoms. The van der Waals surface area contributed by atoms with Gasteiger partial charge in [0, 0.05) is 56.4 Å². The van der Waals surface area contributed by atoms with Crippen molar-refractivity contribution in [2.75, 3.05) is 17.3 Å². The van der Waals surface area contributed by atoms with Gasteiger partial charge in [-0.05, 0) is 61.1 Å². The quantitative estimate of drug-likeness (QED) is 0.332. The largest absolute Gasteiger partial charge is 0.367 e. The first kappa shape index (κ1) is 26.0. The standard InChI is InChI=1S/C31H33N7O/c1-36(21-23-6-4-3-5-7-23)31(39)38(28-13-9-25(10-14-28)26-20-34-37(2)22-26)29-15-11-27(12-16-29)35-30-17-8-24(18-32)19-33-30/h3-10,13-14,17,19-20,22,27,29H,11-12,15-16,21H2,1-2H3,(H,33,35). The van der Waals surface area contributed by atoms with E-state index in [0.29, 0.717) is 12.1 Å². The Hall–Kier alpha value is -4.64. The molecule has 0 atom stereocenters. The van der Waals surface area contributed by atoms with Crippen LogP contribution in [-0.4, -0.2) is 44.8 Å². The number of hydrogen-bond acceptors (Lipinski definition) is 5. The fraction of sp³-hybridized carbons (Fsp3) is 0.290. The van der Waals surface area contributed by atoms with Crippen molar-refractivity contribution in [1.29, 1.82) is 5.26 Å². The number of carbonyl (C=O) groups is 1. The number of benzene rings is 2. The number of nitrogens with zero attached hydrogens (tertiary/aromatic N) is 6. The Labute approximate surface area is 229 Å². The second kappa shape index (κ2) is 11.8. The summed E-state index contributed by atoms with van der Waals surface area (Å²) in [4.78, 5) is 22.1. The molecule has 8 heteroatoms. The maximum atomic E-state index is 13.9. The molecule has 1 N–H and O–H groups in total. The zero-order chi connectivity index (χ0) is 27.2. The first-order valence-electron chi connectivity index (χ1n) is 13.3. The van der Waals surface area contributed by atoms with Crippen molar-refractivity contribution in [2.45, 2.75) is 44.3 Å². The van der Waals surface area contributed by atoms with Gasteiger partial charge in [-0.1, -0.05) is 42.5 Å². The minimum Gasteiger partial charge on any atom is -0.367 e. The SMILES string of the molecule is CN(Cc1ccccc1)C(=O)N(c1ccc(-c2cnn(C)c2)cc1)C1CCC(Nc2ccc(C#N)cn2)CC1. The van der Waals surface area contributed by atoms with E-state index < -0.39 is 0 Å². The zero-order valence-corrected chi connectivity index (χ0v) is 22.4. The number of anilines is 2. The van der Waals surface area contributed by atoms with E-state index >= 15 is 0 Å². The molecule has 2 aromatic carbocycles. The molecule has 0 radical (unpaired) electrons. The van der Waals surface area contributed by atoms with E-state index in [0.717, 1.165) is 53.9 Å². The predicted octanol–water partition coefficient (Wildman–Crippen LogP) is 5.84.